The van der Waals surface area contributed by atoms with Gasteiger partial charge in [-0.1, -0.05) is 38.0 Å². The molecule has 3 rings (SSSR count). The van der Waals surface area contributed by atoms with Gasteiger partial charge in [-0.25, -0.2) is 4.79 Å². The number of nitrogens with zero attached hydrogens (tertiary/aromatic N) is 1. The summed E-state index contributed by atoms with van der Waals surface area (Å²) in [4.78, 5) is 16.8. The number of phenolic OH excluding ortho intramolecular Hbond substituents is 1. The first-order valence-electron chi connectivity index (χ1n) is 10.4. The molecule has 0 amide bonds. The number of unbranched alkanes of at least 4 members (excludes halogenated alkanes) is 2. The van der Waals surface area contributed by atoms with Gasteiger partial charge in [0.05, 0.1) is 17.9 Å². The van der Waals surface area contributed by atoms with E-state index in [1.165, 1.54) is 6.07 Å². The molecule has 1 N–H and O–H groups in total. The second-order valence-corrected chi connectivity index (χ2v) is 7.23. The van der Waals surface area contributed by atoms with Gasteiger partial charge in [0.25, 0.3) is 0 Å². The van der Waals surface area contributed by atoms with Crippen LogP contribution in [0.3, 0.4) is 0 Å². The highest BCUT2D eigenvalue weighted by Crippen LogP contribution is 2.25. The smallest absolute Gasteiger partial charge is 0.343 e. The minimum Gasteiger partial charge on any atom is -0.507 e. The molecule has 160 valence electrons. The van der Waals surface area contributed by atoms with Crippen LogP contribution in [0.5, 0.6) is 17.2 Å². The minimum absolute atomic E-state index is 0.0153. The van der Waals surface area contributed by atoms with Gasteiger partial charge in [0.1, 0.15) is 17.2 Å². The van der Waals surface area contributed by atoms with Crippen LogP contribution < -0.4 is 9.47 Å². The average molecular weight is 418 g/mol. The van der Waals surface area contributed by atoms with Crippen LogP contribution in [0.4, 0.5) is 5.69 Å². The lowest BCUT2D eigenvalue weighted by Crippen LogP contribution is -2.08. The van der Waals surface area contributed by atoms with Crippen molar-refractivity contribution in [1.82, 2.24) is 0 Å². The molecule has 0 spiro atoms. The Morgan fingerprint density at radius 3 is 2.45 bits per heavy atom. The van der Waals surface area contributed by atoms with Gasteiger partial charge in [0, 0.05) is 17.8 Å². The van der Waals surface area contributed by atoms with Gasteiger partial charge in [0.15, 0.2) is 0 Å². The van der Waals surface area contributed by atoms with Gasteiger partial charge in [-0.3, -0.25) is 4.99 Å². The number of ether oxygens (including phenoxy) is 2. The number of rotatable bonds is 9. The zero-order valence-corrected chi connectivity index (χ0v) is 17.9. The van der Waals surface area contributed by atoms with E-state index < -0.39 is 5.97 Å². The van der Waals surface area contributed by atoms with Crippen LogP contribution in [0.2, 0.25) is 0 Å². The van der Waals surface area contributed by atoms with E-state index >= 15 is 0 Å². The molecule has 3 aromatic rings. The van der Waals surface area contributed by atoms with Gasteiger partial charge >= 0.3 is 5.97 Å². The fraction of sp³-hybridized carbons (Fsp3) is 0.231. The number of phenols is 1. The van der Waals surface area contributed by atoms with Gasteiger partial charge in [-0.2, -0.15) is 0 Å². The van der Waals surface area contributed by atoms with Gasteiger partial charge in [-0.05, 0) is 61.4 Å². The van der Waals surface area contributed by atoms with Crippen LogP contribution in [0.15, 0.2) is 71.7 Å². The molecule has 3 aromatic carbocycles. The Morgan fingerprint density at radius 1 is 1.00 bits per heavy atom. The van der Waals surface area contributed by atoms with E-state index in [0.29, 0.717) is 17.7 Å². The summed E-state index contributed by atoms with van der Waals surface area (Å²) in [5.74, 6) is 0.467. The lowest BCUT2D eigenvalue weighted by atomic mass is 10.2. The van der Waals surface area contributed by atoms with E-state index in [2.05, 4.69) is 11.9 Å². The zero-order chi connectivity index (χ0) is 22.1. The fourth-order valence-electron chi connectivity index (χ4n) is 2.94. The lowest BCUT2D eigenvalue weighted by molar-refractivity contribution is 0.0734. The highest BCUT2D eigenvalue weighted by Gasteiger charge is 2.10. The zero-order valence-electron chi connectivity index (χ0n) is 17.9. The predicted molar refractivity (Wildman–Crippen MR) is 123 cm³/mol. The first-order chi connectivity index (χ1) is 15.1. The SMILES string of the molecule is CCCCCOc1ccc(C(=O)Oc2ccc(C=Nc3ccccc3C)c(O)c2)cc1. The number of hydrogen-bond donors (Lipinski definition) is 1. The molecule has 0 aliphatic heterocycles. The quantitative estimate of drug-likeness (QED) is 0.194. The van der Waals surface area contributed by atoms with Crippen molar-refractivity contribution in [1.29, 1.82) is 0 Å². The van der Waals surface area contributed by atoms with Crippen LogP contribution in [-0.4, -0.2) is 23.9 Å². The van der Waals surface area contributed by atoms with E-state index in [4.69, 9.17) is 9.47 Å². The lowest BCUT2D eigenvalue weighted by Gasteiger charge is -2.08. The second-order valence-electron chi connectivity index (χ2n) is 7.23. The number of carbonyl (C=O) groups is 1. The standard InChI is InChI=1S/C26H27NO4/c1-3-4-7-16-30-22-13-10-20(11-14-22)26(29)31-23-15-12-21(25(28)17-23)18-27-24-9-6-5-8-19(24)2/h5-6,8-15,17-18,28H,3-4,7,16H2,1-2H3. The van der Waals surface area contributed by atoms with Crippen LogP contribution in [0.25, 0.3) is 0 Å². The molecule has 0 atom stereocenters. The highest BCUT2D eigenvalue weighted by atomic mass is 16.5. The molecule has 5 nitrogen and oxygen atoms in total. The van der Waals surface area contributed by atoms with Crippen molar-refractivity contribution in [3.63, 3.8) is 0 Å². The topological polar surface area (TPSA) is 68.1 Å². The summed E-state index contributed by atoms with van der Waals surface area (Å²) in [7, 11) is 0. The summed E-state index contributed by atoms with van der Waals surface area (Å²) in [5.41, 5.74) is 2.81. The summed E-state index contributed by atoms with van der Waals surface area (Å²) in [6, 6.07) is 19.3. The van der Waals surface area contributed by atoms with Crippen molar-refractivity contribution in [2.24, 2.45) is 4.99 Å². The minimum atomic E-state index is -0.502. The van der Waals surface area contributed by atoms with Gasteiger partial charge in [-0.15, -0.1) is 0 Å². The van der Waals surface area contributed by atoms with E-state index in [1.807, 2.05) is 31.2 Å². The summed E-state index contributed by atoms with van der Waals surface area (Å²) < 4.78 is 11.0. The van der Waals surface area contributed by atoms with E-state index in [9.17, 15) is 9.90 Å². The first kappa shape index (κ1) is 22.1. The monoisotopic (exact) mass is 417 g/mol. The largest absolute Gasteiger partial charge is 0.507 e. The van der Waals surface area contributed by atoms with Crippen molar-refractivity contribution in [2.45, 2.75) is 33.1 Å². The summed E-state index contributed by atoms with van der Waals surface area (Å²) in [5, 5.41) is 10.3. The summed E-state index contributed by atoms with van der Waals surface area (Å²) >= 11 is 0. The number of aliphatic imine (C=N–C) groups is 1. The average Bonchev–Trinajstić information content (AvgIpc) is 2.77. The maximum Gasteiger partial charge on any atom is 0.343 e. The number of esters is 1. The maximum absolute atomic E-state index is 12.4. The molecular formula is C26H27NO4. The van der Waals surface area contributed by atoms with Crippen LogP contribution >= 0.6 is 0 Å². The Labute approximate surface area is 183 Å². The van der Waals surface area contributed by atoms with Crippen molar-refractivity contribution >= 4 is 17.9 Å². The molecule has 0 aliphatic rings. The molecule has 0 aromatic heterocycles. The van der Waals surface area contributed by atoms with Crippen molar-refractivity contribution < 1.29 is 19.4 Å². The van der Waals surface area contributed by atoms with E-state index in [0.717, 1.165) is 36.3 Å². The molecule has 0 saturated heterocycles. The Kier molecular flexibility index (Phi) is 7.82. The molecule has 0 saturated carbocycles. The van der Waals surface area contributed by atoms with Crippen LogP contribution in [0.1, 0.15) is 47.7 Å². The van der Waals surface area contributed by atoms with Crippen molar-refractivity contribution in [2.75, 3.05) is 6.61 Å². The van der Waals surface area contributed by atoms with Gasteiger partial charge in [0.2, 0.25) is 0 Å². The molecular weight excluding hydrogens is 390 g/mol. The summed E-state index contributed by atoms with van der Waals surface area (Å²) in [6.07, 6.45) is 4.87. The molecule has 0 aliphatic carbocycles. The fourth-order valence-corrected chi connectivity index (χ4v) is 2.94. The Bertz CT molecular complexity index is 1040. The molecule has 31 heavy (non-hydrogen) atoms. The number of benzene rings is 3. The Balaban J connectivity index is 1.60. The van der Waals surface area contributed by atoms with Crippen molar-refractivity contribution in [3.8, 4) is 17.2 Å². The second kappa shape index (κ2) is 11.0. The van der Waals surface area contributed by atoms with Crippen molar-refractivity contribution in [3.05, 3.63) is 83.4 Å². The third kappa shape index (κ3) is 6.44. The number of carbonyl (C=O) groups excluding carboxylic acids is 1. The van der Waals surface area contributed by atoms with Gasteiger partial charge < -0.3 is 14.6 Å². The normalized spacial score (nSPS) is 10.9. The molecule has 0 bridgehead atoms. The van der Waals surface area contributed by atoms with E-state index in [-0.39, 0.29) is 11.5 Å². The number of hydrogen-bond acceptors (Lipinski definition) is 5. The molecule has 0 radical (unpaired) electrons. The number of aryl methyl sites for hydroxylation is 1. The maximum atomic E-state index is 12.4. The third-order valence-electron chi connectivity index (χ3n) is 4.78. The van der Waals surface area contributed by atoms with Crippen LogP contribution in [-0.2, 0) is 0 Å². The summed E-state index contributed by atoms with van der Waals surface area (Å²) in [6.45, 7) is 4.78. The Morgan fingerprint density at radius 2 is 1.74 bits per heavy atom. The molecule has 5 heteroatoms. The number of para-hydroxylation sites is 1. The molecule has 0 unspecified atom stereocenters. The van der Waals surface area contributed by atoms with E-state index in [1.54, 1.807) is 42.6 Å². The molecule has 0 fully saturated rings. The molecule has 0 heterocycles. The first-order valence-corrected chi connectivity index (χ1v) is 10.4. The Hall–Kier alpha value is -3.60. The highest BCUT2D eigenvalue weighted by molar-refractivity contribution is 5.91. The predicted octanol–water partition coefficient (Wildman–Crippen LogP) is 6.24. The number of aromatic hydroxyl groups is 1. The third-order valence-corrected chi connectivity index (χ3v) is 4.78. The van der Waals surface area contributed by atoms with Crippen LogP contribution in [0, 0.1) is 6.92 Å².